The molecule has 0 atom stereocenters. The van der Waals surface area contributed by atoms with Crippen LogP contribution in [0.15, 0.2) is 18.2 Å². The lowest BCUT2D eigenvalue weighted by molar-refractivity contribution is -0.384. The first-order chi connectivity index (χ1) is 11.0. The van der Waals surface area contributed by atoms with Gasteiger partial charge >= 0.3 is 0 Å². The van der Waals surface area contributed by atoms with Crippen LogP contribution in [0.25, 0.3) is 10.9 Å². The van der Waals surface area contributed by atoms with Gasteiger partial charge in [-0.1, -0.05) is 20.8 Å². The zero-order valence-electron chi connectivity index (χ0n) is 15.4. The zero-order chi connectivity index (χ0) is 18.1. The maximum Gasteiger partial charge on any atom is 0.271 e. The SMILES string of the molecule is Cc1nn(CCCO[Si](C)(C)C(C)(C)C)c2cc([N+](=O)[O-])ccc12. The number of hydrogen-bond acceptors (Lipinski definition) is 4. The summed E-state index contributed by atoms with van der Waals surface area (Å²) in [5, 5.41) is 16.7. The molecule has 0 bridgehead atoms. The van der Waals surface area contributed by atoms with Gasteiger partial charge in [0.2, 0.25) is 0 Å². The van der Waals surface area contributed by atoms with E-state index in [1.165, 1.54) is 6.07 Å². The molecule has 0 aliphatic rings. The Balaban J connectivity index is 2.08. The molecule has 132 valence electrons. The fourth-order valence-electron chi connectivity index (χ4n) is 2.37. The minimum Gasteiger partial charge on any atom is -0.417 e. The van der Waals surface area contributed by atoms with Crippen LogP contribution in [0.4, 0.5) is 5.69 Å². The normalized spacial score (nSPS) is 12.8. The molecule has 1 aromatic carbocycles. The molecule has 0 N–H and O–H groups in total. The maximum atomic E-state index is 11.0. The Hall–Kier alpha value is -1.73. The lowest BCUT2D eigenvalue weighted by Gasteiger charge is -2.36. The number of non-ortho nitro benzene ring substituents is 1. The monoisotopic (exact) mass is 349 g/mol. The molecule has 0 aliphatic carbocycles. The van der Waals surface area contributed by atoms with Gasteiger partial charge < -0.3 is 4.43 Å². The molecular formula is C17H27N3O3Si. The second kappa shape index (κ2) is 6.64. The third-order valence-corrected chi connectivity index (χ3v) is 9.45. The summed E-state index contributed by atoms with van der Waals surface area (Å²) in [5.74, 6) is 0. The highest BCUT2D eigenvalue weighted by Crippen LogP contribution is 2.36. The minimum absolute atomic E-state index is 0.0983. The van der Waals surface area contributed by atoms with Crippen LogP contribution in [-0.2, 0) is 11.0 Å². The van der Waals surface area contributed by atoms with E-state index in [0.717, 1.165) is 23.0 Å². The van der Waals surface area contributed by atoms with Gasteiger partial charge in [0, 0.05) is 30.7 Å². The van der Waals surface area contributed by atoms with Crippen molar-refractivity contribution in [3.8, 4) is 0 Å². The van der Waals surface area contributed by atoms with E-state index in [9.17, 15) is 10.1 Å². The largest absolute Gasteiger partial charge is 0.417 e. The van der Waals surface area contributed by atoms with Crippen molar-refractivity contribution in [3.63, 3.8) is 0 Å². The van der Waals surface area contributed by atoms with E-state index in [1.54, 1.807) is 12.1 Å². The van der Waals surface area contributed by atoms with Crippen molar-refractivity contribution in [1.82, 2.24) is 9.78 Å². The number of fused-ring (bicyclic) bond motifs is 1. The Morgan fingerprint density at radius 1 is 1.33 bits per heavy atom. The van der Waals surface area contributed by atoms with Crippen molar-refractivity contribution >= 4 is 24.9 Å². The molecule has 0 saturated carbocycles. The molecule has 0 radical (unpaired) electrons. The molecule has 0 amide bonds. The fraction of sp³-hybridized carbons (Fsp3) is 0.588. The number of rotatable bonds is 6. The highest BCUT2D eigenvalue weighted by molar-refractivity contribution is 6.74. The number of aromatic nitrogens is 2. The van der Waals surface area contributed by atoms with Gasteiger partial charge in [0.15, 0.2) is 8.32 Å². The van der Waals surface area contributed by atoms with Crippen LogP contribution in [0.5, 0.6) is 0 Å². The number of nitrogens with zero attached hydrogens (tertiary/aromatic N) is 3. The quantitative estimate of drug-likeness (QED) is 0.329. The molecule has 1 heterocycles. The van der Waals surface area contributed by atoms with Crippen molar-refractivity contribution in [1.29, 1.82) is 0 Å². The summed E-state index contributed by atoms with van der Waals surface area (Å²) in [4.78, 5) is 10.6. The molecule has 7 heteroatoms. The van der Waals surface area contributed by atoms with Gasteiger partial charge in [0.05, 0.1) is 16.1 Å². The van der Waals surface area contributed by atoms with Crippen molar-refractivity contribution in [2.24, 2.45) is 0 Å². The highest BCUT2D eigenvalue weighted by atomic mass is 28.4. The van der Waals surface area contributed by atoms with Crippen LogP contribution in [0, 0.1) is 17.0 Å². The Bertz CT molecular complexity index is 747. The van der Waals surface area contributed by atoms with Crippen LogP contribution in [0.2, 0.25) is 18.1 Å². The molecule has 2 aromatic rings. The van der Waals surface area contributed by atoms with Gasteiger partial charge in [-0.2, -0.15) is 5.10 Å². The van der Waals surface area contributed by atoms with Crippen LogP contribution in [0.1, 0.15) is 32.9 Å². The van der Waals surface area contributed by atoms with Crippen molar-refractivity contribution in [2.75, 3.05) is 6.61 Å². The first-order valence-electron chi connectivity index (χ1n) is 8.28. The van der Waals surface area contributed by atoms with Crippen LogP contribution >= 0.6 is 0 Å². The smallest absolute Gasteiger partial charge is 0.271 e. The Morgan fingerprint density at radius 3 is 2.58 bits per heavy atom. The molecule has 0 fully saturated rings. The standard InChI is InChI=1S/C17H27N3O3Si/c1-13-15-9-8-14(20(21)22)12-16(15)19(18-13)10-7-11-23-24(5,6)17(2,3)4/h8-9,12H,7,10-11H2,1-6H3. The lowest BCUT2D eigenvalue weighted by atomic mass is 10.2. The summed E-state index contributed by atoms with van der Waals surface area (Å²) in [5.41, 5.74) is 1.81. The average molecular weight is 350 g/mol. The molecule has 0 unspecified atom stereocenters. The van der Waals surface area contributed by atoms with Crippen molar-refractivity contribution in [2.45, 2.75) is 58.8 Å². The van der Waals surface area contributed by atoms with E-state index in [1.807, 2.05) is 11.6 Å². The van der Waals surface area contributed by atoms with Gasteiger partial charge in [-0.15, -0.1) is 0 Å². The fourth-order valence-corrected chi connectivity index (χ4v) is 3.46. The molecule has 6 nitrogen and oxygen atoms in total. The average Bonchev–Trinajstić information content (AvgIpc) is 2.78. The van der Waals surface area contributed by atoms with Crippen LogP contribution in [0.3, 0.4) is 0 Å². The van der Waals surface area contributed by atoms with E-state index >= 15 is 0 Å². The molecule has 0 saturated heterocycles. The summed E-state index contributed by atoms with van der Waals surface area (Å²) < 4.78 is 8.04. The molecule has 1 aromatic heterocycles. The Morgan fingerprint density at radius 2 is 2.00 bits per heavy atom. The number of nitro groups is 1. The predicted molar refractivity (Wildman–Crippen MR) is 98.9 cm³/mol. The summed E-state index contributed by atoms with van der Waals surface area (Å²) in [6, 6.07) is 4.91. The lowest BCUT2D eigenvalue weighted by Crippen LogP contribution is -2.41. The van der Waals surface area contributed by atoms with Crippen molar-refractivity contribution in [3.05, 3.63) is 34.0 Å². The van der Waals surface area contributed by atoms with Gasteiger partial charge in [0.25, 0.3) is 5.69 Å². The van der Waals surface area contributed by atoms with Gasteiger partial charge in [-0.25, -0.2) is 0 Å². The molecule has 24 heavy (non-hydrogen) atoms. The molecule has 2 rings (SSSR count). The van der Waals surface area contributed by atoms with Gasteiger partial charge in [-0.05, 0) is 37.5 Å². The Labute approximate surface area is 144 Å². The summed E-state index contributed by atoms with van der Waals surface area (Å²) in [7, 11) is -1.73. The van der Waals surface area contributed by atoms with Crippen LogP contribution in [-0.4, -0.2) is 29.6 Å². The topological polar surface area (TPSA) is 70.2 Å². The number of hydrogen-bond donors (Lipinski definition) is 0. The third kappa shape index (κ3) is 3.84. The third-order valence-electron chi connectivity index (χ3n) is 4.91. The second-order valence-corrected chi connectivity index (χ2v) is 12.5. The van der Waals surface area contributed by atoms with Gasteiger partial charge in [0.1, 0.15) is 0 Å². The van der Waals surface area contributed by atoms with Gasteiger partial charge in [-0.3, -0.25) is 14.8 Å². The van der Waals surface area contributed by atoms with E-state index in [4.69, 9.17) is 4.43 Å². The van der Waals surface area contributed by atoms with E-state index in [-0.39, 0.29) is 15.6 Å². The molecule has 0 aliphatic heterocycles. The van der Waals surface area contributed by atoms with E-state index < -0.39 is 8.32 Å². The summed E-state index contributed by atoms with van der Waals surface area (Å²) >= 11 is 0. The molecular weight excluding hydrogens is 322 g/mol. The van der Waals surface area contributed by atoms with E-state index in [2.05, 4.69) is 39.0 Å². The molecule has 0 spiro atoms. The number of nitro benzene ring substituents is 1. The Kier molecular flexibility index (Phi) is 5.15. The number of aryl methyl sites for hydroxylation is 2. The highest BCUT2D eigenvalue weighted by Gasteiger charge is 2.36. The predicted octanol–water partition coefficient (Wildman–Crippen LogP) is 4.66. The summed E-state index contributed by atoms with van der Waals surface area (Å²) in [6.07, 6.45) is 0.839. The minimum atomic E-state index is -1.73. The maximum absolute atomic E-state index is 11.0. The van der Waals surface area contributed by atoms with Crippen molar-refractivity contribution < 1.29 is 9.35 Å². The van der Waals surface area contributed by atoms with Crippen LogP contribution < -0.4 is 0 Å². The first kappa shape index (κ1) is 18.6. The number of benzene rings is 1. The zero-order valence-corrected chi connectivity index (χ0v) is 16.4. The summed E-state index contributed by atoms with van der Waals surface area (Å²) in [6.45, 7) is 14.5. The van der Waals surface area contributed by atoms with E-state index in [0.29, 0.717) is 13.2 Å². The first-order valence-corrected chi connectivity index (χ1v) is 11.2. The second-order valence-electron chi connectivity index (χ2n) is 7.73.